The topological polar surface area (TPSA) is 90.9 Å². The molecular formula is C19H18FNO6. The molecule has 0 aliphatic rings. The minimum Gasteiger partial charge on any atom is -0.494 e. The van der Waals surface area contributed by atoms with Crippen LogP contribution in [0.5, 0.6) is 5.75 Å². The van der Waals surface area contributed by atoms with Crippen molar-refractivity contribution in [1.82, 2.24) is 0 Å². The second-order valence-corrected chi connectivity index (χ2v) is 5.48. The number of amides is 1. The van der Waals surface area contributed by atoms with Gasteiger partial charge in [-0.15, -0.1) is 0 Å². The summed E-state index contributed by atoms with van der Waals surface area (Å²) in [6.07, 6.45) is -0.114. The first-order valence-corrected chi connectivity index (χ1v) is 7.82. The fourth-order valence-corrected chi connectivity index (χ4v) is 2.38. The van der Waals surface area contributed by atoms with Crippen molar-refractivity contribution in [3.05, 3.63) is 58.9 Å². The van der Waals surface area contributed by atoms with Crippen LogP contribution in [0.2, 0.25) is 0 Å². The van der Waals surface area contributed by atoms with Gasteiger partial charge >= 0.3 is 11.9 Å². The van der Waals surface area contributed by atoms with Gasteiger partial charge in [-0.1, -0.05) is 6.07 Å². The van der Waals surface area contributed by atoms with E-state index in [0.29, 0.717) is 5.56 Å². The van der Waals surface area contributed by atoms with Gasteiger partial charge in [0.15, 0.2) is 11.6 Å². The molecule has 0 saturated carbocycles. The van der Waals surface area contributed by atoms with Crippen LogP contribution in [-0.4, -0.2) is 39.2 Å². The van der Waals surface area contributed by atoms with Gasteiger partial charge in [-0.3, -0.25) is 4.79 Å². The third kappa shape index (κ3) is 5.04. The second-order valence-electron chi connectivity index (χ2n) is 5.48. The maximum Gasteiger partial charge on any atom is 0.337 e. The Bertz CT molecular complexity index is 846. The number of carbonyl (C=O) groups is 3. The molecule has 0 aromatic heterocycles. The largest absolute Gasteiger partial charge is 0.494 e. The van der Waals surface area contributed by atoms with Crippen molar-refractivity contribution >= 4 is 23.5 Å². The van der Waals surface area contributed by atoms with Gasteiger partial charge in [0, 0.05) is 5.69 Å². The van der Waals surface area contributed by atoms with Crippen molar-refractivity contribution < 1.29 is 33.0 Å². The number of hydrogen-bond acceptors (Lipinski definition) is 6. The molecule has 0 heterocycles. The summed E-state index contributed by atoms with van der Waals surface area (Å²) in [5.41, 5.74) is 0.790. The van der Waals surface area contributed by atoms with Crippen molar-refractivity contribution in [3.8, 4) is 5.75 Å². The van der Waals surface area contributed by atoms with Crippen molar-refractivity contribution in [3.63, 3.8) is 0 Å². The number of rotatable bonds is 6. The van der Waals surface area contributed by atoms with Crippen LogP contribution in [0.1, 0.15) is 26.3 Å². The quantitative estimate of drug-likeness (QED) is 0.781. The summed E-state index contributed by atoms with van der Waals surface area (Å²) in [5, 5.41) is 2.57. The first kappa shape index (κ1) is 19.9. The number of halogens is 1. The molecule has 0 aliphatic carbocycles. The van der Waals surface area contributed by atoms with Gasteiger partial charge in [-0.25, -0.2) is 14.0 Å². The highest BCUT2D eigenvalue weighted by Gasteiger charge is 2.15. The molecule has 2 aromatic carbocycles. The smallest absolute Gasteiger partial charge is 0.337 e. The van der Waals surface area contributed by atoms with E-state index in [4.69, 9.17) is 4.74 Å². The number of benzene rings is 2. The summed E-state index contributed by atoms with van der Waals surface area (Å²) in [7, 11) is 3.74. The number of nitrogens with one attached hydrogen (secondary N) is 1. The Morgan fingerprint density at radius 3 is 2.00 bits per heavy atom. The van der Waals surface area contributed by atoms with E-state index in [1.165, 1.54) is 51.7 Å². The van der Waals surface area contributed by atoms with Crippen LogP contribution in [0.25, 0.3) is 0 Å². The van der Waals surface area contributed by atoms with Crippen LogP contribution in [0, 0.1) is 5.82 Å². The van der Waals surface area contributed by atoms with E-state index >= 15 is 0 Å². The van der Waals surface area contributed by atoms with Gasteiger partial charge in [0.2, 0.25) is 5.91 Å². The average molecular weight is 375 g/mol. The molecule has 7 nitrogen and oxygen atoms in total. The monoisotopic (exact) mass is 375 g/mol. The van der Waals surface area contributed by atoms with E-state index in [1.54, 1.807) is 6.07 Å². The van der Waals surface area contributed by atoms with E-state index in [0.717, 1.165) is 0 Å². The third-order valence-electron chi connectivity index (χ3n) is 3.64. The van der Waals surface area contributed by atoms with Gasteiger partial charge < -0.3 is 19.5 Å². The molecule has 0 unspecified atom stereocenters. The average Bonchev–Trinajstić information content (AvgIpc) is 2.66. The van der Waals surface area contributed by atoms with Crippen LogP contribution in [-0.2, 0) is 20.7 Å². The molecule has 8 heteroatoms. The Morgan fingerprint density at radius 2 is 1.52 bits per heavy atom. The van der Waals surface area contributed by atoms with E-state index in [2.05, 4.69) is 14.8 Å². The summed E-state index contributed by atoms with van der Waals surface area (Å²) in [5.74, 6) is -2.31. The lowest BCUT2D eigenvalue weighted by Gasteiger charge is -2.10. The fraction of sp³-hybridized carbons (Fsp3) is 0.211. The first-order valence-electron chi connectivity index (χ1n) is 7.82. The maximum absolute atomic E-state index is 13.7. The van der Waals surface area contributed by atoms with Crippen molar-refractivity contribution in [1.29, 1.82) is 0 Å². The zero-order chi connectivity index (χ0) is 20.0. The van der Waals surface area contributed by atoms with E-state index in [-0.39, 0.29) is 29.0 Å². The molecule has 0 aliphatic heterocycles. The van der Waals surface area contributed by atoms with Gasteiger partial charge in [0.25, 0.3) is 0 Å². The standard InChI is InChI=1S/C19H18FNO6/c1-25-16-5-4-11(6-15(16)20)7-17(22)21-14-9-12(18(23)26-2)8-13(10-14)19(24)27-3/h4-6,8-10H,7H2,1-3H3,(H,21,22). The number of carbonyl (C=O) groups excluding carboxylic acids is 3. The predicted molar refractivity (Wildman–Crippen MR) is 94.4 cm³/mol. The molecule has 0 spiro atoms. The van der Waals surface area contributed by atoms with Gasteiger partial charge in [-0.2, -0.15) is 0 Å². The van der Waals surface area contributed by atoms with E-state index in [1.807, 2.05) is 0 Å². The van der Waals surface area contributed by atoms with Crippen LogP contribution in [0.4, 0.5) is 10.1 Å². The molecule has 2 aromatic rings. The minimum absolute atomic E-state index is 0.0752. The summed E-state index contributed by atoms with van der Waals surface area (Å²) in [6.45, 7) is 0. The number of hydrogen-bond donors (Lipinski definition) is 1. The van der Waals surface area contributed by atoms with Crippen LogP contribution in [0.3, 0.4) is 0 Å². The molecule has 0 fully saturated rings. The second kappa shape index (κ2) is 8.79. The Morgan fingerprint density at radius 1 is 0.926 bits per heavy atom. The fourth-order valence-electron chi connectivity index (χ4n) is 2.38. The highest BCUT2D eigenvalue weighted by Crippen LogP contribution is 2.20. The third-order valence-corrected chi connectivity index (χ3v) is 3.64. The molecule has 0 saturated heterocycles. The first-order chi connectivity index (χ1) is 12.9. The summed E-state index contributed by atoms with van der Waals surface area (Å²) in [4.78, 5) is 35.8. The zero-order valence-corrected chi connectivity index (χ0v) is 15.0. The van der Waals surface area contributed by atoms with Crippen molar-refractivity contribution in [2.45, 2.75) is 6.42 Å². The normalized spacial score (nSPS) is 10.1. The van der Waals surface area contributed by atoms with Gasteiger partial charge in [-0.05, 0) is 35.9 Å². The van der Waals surface area contributed by atoms with E-state index in [9.17, 15) is 18.8 Å². The molecule has 142 valence electrons. The molecule has 0 bridgehead atoms. The molecule has 2 rings (SSSR count). The number of esters is 2. The van der Waals surface area contributed by atoms with Crippen molar-refractivity contribution in [2.75, 3.05) is 26.6 Å². The minimum atomic E-state index is -0.673. The van der Waals surface area contributed by atoms with Crippen LogP contribution >= 0.6 is 0 Å². The molecule has 1 N–H and O–H groups in total. The highest BCUT2D eigenvalue weighted by atomic mass is 19.1. The molecule has 0 radical (unpaired) electrons. The Hall–Kier alpha value is -3.42. The highest BCUT2D eigenvalue weighted by molar-refractivity contribution is 5.99. The maximum atomic E-state index is 13.7. The Kier molecular flexibility index (Phi) is 6.48. The number of ether oxygens (including phenoxy) is 3. The lowest BCUT2D eigenvalue weighted by atomic mass is 10.1. The zero-order valence-electron chi connectivity index (χ0n) is 15.0. The predicted octanol–water partition coefficient (Wildman–Crippen LogP) is 2.59. The summed E-state index contributed by atoms with van der Waals surface area (Å²) < 4.78 is 27.8. The van der Waals surface area contributed by atoms with Gasteiger partial charge in [0.1, 0.15) is 0 Å². The van der Waals surface area contributed by atoms with E-state index < -0.39 is 23.7 Å². The Labute approximate surface area is 155 Å². The summed E-state index contributed by atoms with van der Waals surface area (Å²) >= 11 is 0. The number of methoxy groups -OCH3 is 3. The van der Waals surface area contributed by atoms with Crippen LogP contribution < -0.4 is 10.1 Å². The summed E-state index contributed by atoms with van der Waals surface area (Å²) in [6, 6.07) is 8.21. The molecular weight excluding hydrogens is 357 g/mol. The van der Waals surface area contributed by atoms with Crippen LogP contribution in [0.15, 0.2) is 36.4 Å². The molecule has 0 atom stereocenters. The lowest BCUT2D eigenvalue weighted by Crippen LogP contribution is -2.16. The SMILES string of the molecule is COC(=O)c1cc(NC(=O)Cc2ccc(OC)c(F)c2)cc(C(=O)OC)c1. The number of anilines is 1. The lowest BCUT2D eigenvalue weighted by molar-refractivity contribution is -0.115. The van der Waals surface area contributed by atoms with Crippen molar-refractivity contribution in [2.24, 2.45) is 0 Å². The molecule has 1 amide bonds. The Balaban J connectivity index is 2.22. The molecule has 27 heavy (non-hydrogen) atoms. The van der Waals surface area contributed by atoms with Gasteiger partial charge in [0.05, 0.1) is 38.9 Å².